The number of nitrogens with zero attached hydrogens (tertiary/aromatic N) is 1. The lowest BCUT2D eigenvalue weighted by atomic mass is 10.3. The molecule has 1 aromatic rings. The summed E-state index contributed by atoms with van der Waals surface area (Å²) in [5.41, 5.74) is 0. The zero-order valence-electron chi connectivity index (χ0n) is 11.5. The second kappa shape index (κ2) is 8.64. The summed E-state index contributed by atoms with van der Waals surface area (Å²) in [6, 6.07) is 7.13. The van der Waals surface area contributed by atoms with Crippen LogP contribution in [0.15, 0.2) is 24.3 Å². The van der Waals surface area contributed by atoms with Crippen molar-refractivity contribution in [3.63, 3.8) is 0 Å². The second-order valence-corrected chi connectivity index (χ2v) is 4.75. The number of amides is 2. The molecule has 0 unspecified atom stereocenters. The lowest BCUT2D eigenvalue weighted by Gasteiger charge is -2.17. The van der Waals surface area contributed by atoms with Gasteiger partial charge in [0.2, 0.25) is 0 Å². The second-order valence-electron chi connectivity index (χ2n) is 4.31. The first-order chi connectivity index (χ1) is 9.13. The lowest BCUT2D eigenvalue weighted by molar-refractivity contribution is 0.204. The highest BCUT2D eigenvalue weighted by Crippen LogP contribution is 2.16. The SMILES string of the molecule is CCCCN(C)C(=O)NCCOc1cccc(Cl)c1. The van der Waals surface area contributed by atoms with Crippen LogP contribution in [0.2, 0.25) is 5.02 Å². The van der Waals surface area contributed by atoms with Crippen LogP contribution >= 0.6 is 11.6 Å². The van der Waals surface area contributed by atoms with E-state index in [4.69, 9.17) is 16.3 Å². The molecule has 0 saturated heterocycles. The smallest absolute Gasteiger partial charge is 0.317 e. The molecule has 106 valence electrons. The van der Waals surface area contributed by atoms with E-state index in [1.165, 1.54) is 0 Å². The summed E-state index contributed by atoms with van der Waals surface area (Å²) in [5, 5.41) is 3.44. The number of hydrogen-bond acceptors (Lipinski definition) is 2. The molecule has 0 saturated carbocycles. The van der Waals surface area contributed by atoms with E-state index in [0.29, 0.717) is 23.9 Å². The molecule has 0 aliphatic heterocycles. The minimum absolute atomic E-state index is 0.0665. The Morgan fingerprint density at radius 3 is 2.95 bits per heavy atom. The summed E-state index contributed by atoms with van der Waals surface area (Å²) in [5.74, 6) is 0.709. The summed E-state index contributed by atoms with van der Waals surface area (Å²) < 4.78 is 5.48. The average molecular weight is 285 g/mol. The molecular weight excluding hydrogens is 264 g/mol. The molecule has 0 aromatic heterocycles. The largest absolute Gasteiger partial charge is 0.492 e. The summed E-state index contributed by atoms with van der Waals surface area (Å²) in [6.45, 7) is 3.78. The molecule has 0 aliphatic rings. The predicted molar refractivity (Wildman–Crippen MR) is 77.9 cm³/mol. The fourth-order valence-electron chi connectivity index (χ4n) is 1.52. The maximum atomic E-state index is 11.7. The Hall–Kier alpha value is -1.42. The van der Waals surface area contributed by atoms with Crippen molar-refractivity contribution in [1.82, 2.24) is 10.2 Å². The summed E-state index contributed by atoms with van der Waals surface area (Å²) >= 11 is 5.84. The molecule has 0 atom stereocenters. The van der Waals surface area contributed by atoms with Crippen LogP contribution in [0, 0.1) is 0 Å². The first kappa shape index (κ1) is 15.6. The van der Waals surface area contributed by atoms with Gasteiger partial charge in [-0.05, 0) is 24.6 Å². The summed E-state index contributed by atoms with van der Waals surface area (Å²) in [6.07, 6.45) is 2.10. The predicted octanol–water partition coefficient (Wildman–Crippen LogP) is 3.16. The van der Waals surface area contributed by atoms with Crippen LogP contribution in [0.5, 0.6) is 5.75 Å². The Morgan fingerprint density at radius 2 is 2.26 bits per heavy atom. The number of halogens is 1. The standard InChI is InChI=1S/C14H21ClN2O2/c1-3-4-9-17(2)14(18)16-8-10-19-13-7-5-6-12(15)11-13/h5-7,11H,3-4,8-10H2,1-2H3,(H,16,18). The normalized spacial score (nSPS) is 10.1. The van der Waals surface area contributed by atoms with Crippen molar-refractivity contribution < 1.29 is 9.53 Å². The molecule has 0 spiro atoms. The van der Waals surface area contributed by atoms with Crippen molar-refractivity contribution in [3.05, 3.63) is 29.3 Å². The number of carbonyl (C=O) groups excluding carboxylic acids is 1. The molecule has 2 amide bonds. The number of benzene rings is 1. The van der Waals surface area contributed by atoms with Gasteiger partial charge in [0.1, 0.15) is 12.4 Å². The van der Waals surface area contributed by atoms with E-state index in [9.17, 15) is 4.79 Å². The Morgan fingerprint density at radius 1 is 1.47 bits per heavy atom. The highest BCUT2D eigenvalue weighted by atomic mass is 35.5. The Bertz CT molecular complexity index is 399. The van der Waals surface area contributed by atoms with E-state index in [2.05, 4.69) is 12.2 Å². The van der Waals surface area contributed by atoms with Gasteiger partial charge in [-0.3, -0.25) is 0 Å². The number of hydrogen-bond donors (Lipinski definition) is 1. The Labute approximate surface area is 119 Å². The molecule has 4 nitrogen and oxygen atoms in total. The molecule has 0 aliphatic carbocycles. The molecule has 0 fully saturated rings. The van der Waals surface area contributed by atoms with Gasteiger partial charge in [0, 0.05) is 18.6 Å². The first-order valence-electron chi connectivity index (χ1n) is 6.50. The third-order valence-corrected chi connectivity index (χ3v) is 2.87. The quantitative estimate of drug-likeness (QED) is 0.782. The van der Waals surface area contributed by atoms with Crippen molar-refractivity contribution in [2.24, 2.45) is 0 Å². The maximum Gasteiger partial charge on any atom is 0.317 e. The summed E-state index contributed by atoms with van der Waals surface area (Å²) in [7, 11) is 1.79. The van der Waals surface area contributed by atoms with E-state index in [0.717, 1.165) is 19.4 Å². The van der Waals surface area contributed by atoms with E-state index in [-0.39, 0.29) is 6.03 Å². The lowest BCUT2D eigenvalue weighted by Crippen LogP contribution is -2.39. The molecule has 1 rings (SSSR count). The van der Waals surface area contributed by atoms with Crippen molar-refractivity contribution in [2.45, 2.75) is 19.8 Å². The fourth-order valence-corrected chi connectivity index (χ4v) is 1.70. The Kier molecular flexibility index (Phi) is 7.11. The van der Waals surface area contributed by atoms with Crippen molar-refractivity contribution in [2.75, 3.05) is 26.7 Å². The van der Waals surface area contributed by atoms with Crippen molar-refractivity contribution in [1.29, 1.82) is 0 Å². The highest BCUT2D eigenvalue weighted by molar-refractivity contribution is 6.30. The average Bonchev–Trinajstić information content (AvgIpc) is 2.40. The monoisotopic (exact) mass is 284 g/mol. The minimum Gasteiger partial charge on any atom is -0.492 e. The van der Waals surface area contributed by atoms with Gasteiger partial charge in [-0.15, -0.1) is 0 Å². The van der Waals surface area contributed by atoms with Crippen LogP contribution in [0.25, 0.3) is 0 Å². The van der Waals surface area contributed by atoms with Crippen LogP contribution < -0.4 is 10.1 Å². The van der Waals surface area contributed by atoms with Gasteiger partial charge in [-0.2, -0.15) is 0 Å². The summed E-state index contributed by atoms with van der Waals surface area (Å²) in [4.78, 5) is 13.3. The number of nitrogens with one attached hydrogen (secondary N) is 1. The fraction of sp³-hybridized carbons (Fsp3) is 0.500. The number of ether oxygens (including phenoxy) is 1. The van der Waals surface area contributed by atoms with E-state index >= 15 is 0 Å². The first-order valence-corrected chi connectivity index (χ1v) is 6.88. The molecule has 0 heterocycles. The van der Waals surface area contributed by atoms with Gasteiger partial charge in [-0.1, -0.05) is 31.0 Å². The third kappa shape index (κ3) is 6.34. The molecule has 19 heavy (non-hydrogen) atoms. The van der Waals surface area contributed by atoms with Crippen LogP contribution in [0.1, 0.15) is 19.8 Å². The highest BCUT2D eigenvalue weighted by Gasteiger charge is 2.06. The number of rotatable bonds is 7. The molecule has 1 aromatic carbocycles. The molecule has 1 N–H and O–H groups in total. The van der Waals surface area contributed by atoms with E-state index < -0.39 is 0 Å². The Balaban J connectivity index is 2.18. The number of carbonyl (C=O) groups is 1. The van der Waals surface area contributed by atoms with Crippen LogP contribution in [0.3, 0.4) is 0 Å². The van der Waals surface area contributed by atoms with Gasteiger partial charge in [0.15, 0.2) is 0 Å². The molecule has 0 bridgehead atoms. The van der Waals surface area contributed by atoms with Crippen LogP contribution in [-0.4, -0.2) is 37.7 Å². The van der Waals surface area contributed by atoms with Gasteiger partial charge < -0.3 is 15.0 Å². The van der Waals surface area contributed by atoms with Gasteiger partial charge in [0.25, 0.3) is 0 Å². The molecule has 0 radical (unpaired) electrons. The van der Waals surface area contributed by atoms with Crippen LogP contribution in [0.4, 0.5) is 4.79 Å². The molecular formula is C14H21ClN2O2. The van der Waals surface area contributed by atoms with E-state index in [1.54, 1.807) is 24.1 Å². The van der Waals surface area contributed by atoms with E-state index in [1.807, 2.05) is 12.1 Å². The third-order valence-electron chi connectivity index (χ3n) is 2.64. The minimum atomic E-state index is -0.0665. The van der Waals surface area contributed by atoms with Gasteiger partial charge >= 0.3 is 6.03 Å². The topological polar surface area (TPSA) is 41.6 Å². The number of unbranched alkanes of at least 4 members (excludes halogenated alkanes) is 1. The maximum absolute atomic E-state index is 11.7. The zero-order valence-corrected chi connectivity index (χ0v) is 12.2. The van der Waals surface area contributed by atoms with Crippen molar-refractivity contribution >= 4 is 17.6 Å². The van der Waals surface area contributed by atoms with Gasteiger partial charge in [0.05, 0.1) is 6.54 Å². The zero-order chi connectivity index (χ0) is 14.1. The number of urea groups is 1. The van der Waals surface area contributed by atoms with Crippen LogP contribution in [-0.2, 0) is 0 Å². The molecule has 5 heteroatoms. The van der Waals surface area contributed by atoms with Gasteiger partial charge in [-0.25, -0.2) is 4.79 Å². The van der Waals surface area contributed by atoms with Crippen molar-refractivity contribution in [3.8, 4) is 5.75 Å².